The van der Waals surface area contributed by atoms with Crippen LogP contribution in [0.5, 0.6) is 0 Å². The topological polar surface area (TPSA) is 29.0 Å². The highest BCUT2D eigenvalue weighted by Crippen LogP contribution is 2.38. The second kappa shape index (κ2) is 11.8. The van der Waals surface area contributed by atoms with Gasteiger partial charge in [-0.05, 0) is 102 Å². The second-order valence-electron chi connectivity index (χ2n) is 11.2. The predicted molar refractivity (Wildman–Crippen MR) is 153 cm³/mol. The number of aromatic nitrogens is 2. The smallest absolute Gasteiger partial charge is 0.332 e. The summed E-state index contributed by atoms with van der Waals surface area (Å²) >= 11 is 0. The molecule has 0 bridgehead atoms. The SMILES string of the molecule is Cc1cnc(N(Cc2cc(C(F)(F)F)cc(C(F)(F)F)c2)Cc2cc(C)c(C)cc2-c2cc(C(C)C)ccc2C)nc1. The van der Waals surface area contributed by atoms with Crippen LogP contribution in [0.4, 0.5) is 32.3 Å². The molecule has 3 aromatic carbocycles. The molecule has 0 aliphatic heterocycles. The average Bonchev–Trinajstić information content (AvgIpc) is 2.90. The molecule has 0 aliphatic rings. The number of rotatable bonds is 7. The van der Waals surface area contributed by atoms with Gasteiger partial charge in [0.15, 0.2) is 0 Å². The highest BCUT2D eigenvalue weighted by molar-refractivity contribution is 5.73. The highest BCUT2D eigenvalue weighted by atomic mass is 19.4. The van der Waals surface area contributed by atoms with Crippen LogP contribution >= 0.6 is 0 Å². The van der Waals surface area contributed by atoms with Crippen molar-refractivity contribution in [3.8, 4) is 11.1 Å². The molecule has 1 heterocycles. The summed E-state index contributed by atoms with van der Waals surface area (Å²) in [6, 6.07) is 12.0. The summed E-state index contributed by atoms with van der Waals surface area (Å²) in [6.45, 7) is 11.9. The Morgan fingerprint density at radius 2 is 1.24 bits per heavy atom. The first-order valence-electron chi connectivity index (χ1n) is 13.6. The quantitative estimate of drug-likeness (QED) is 0.202. The Labute approximate surface area is 242 Å². The molecule has 0 radical (unpaired) electrons. The molecule has 3 nitrogen and oxygen atoms in total. The third-order valence-electron chi connectivity index (χ3n) is 7.37. The number of aryl methyl sites for hydroxylation is 4. The maximum Gasteiger partial charge on any atom is 0.416 e. The van der Waals surface area contributed by atoms with E-state index in [2.05, 4.69) is 48.1 Å². The van der Waals surface area contributed by atoms with Gasteiger partial charge in [0.05, 0.1) is 11.1 Å². The van der Waals surface area contributed by atoms with Gasteiger partial charge in [-0.15, -0.1) is 0 Å². The average molecular weight is 586 g/mol. The number of halogens is 6. The molecule has 42 heavy (non-hydrogen) atoms. The fourth-order valence-electron chi connectivity index (χ4n) is 4.83. The highest BCUT2D eigenvalue weighted by Gasteiger charge is 2.37. The van der Waals surface area contributed by atoms with Gasteiger partial charge in [-0.1, -0.05) is 44.2 Å². The van der Waals surface area contributed by atoms with E-state index in [1.54, 1.807) is 24.2 Å². The zero-order valence-corrected chi connectivity index (χ0v) is 24.4. The van der Waals surface area contributed by atoms with E-state index >= 15 is 0 Å². The van der Waals surface area contributed by atoms with Gasteiger partial charge >= 0.3 is 12.4 Å². The molecular weight excluding hydrogens is 552 g/mol. The molecule has 0 saturated heterocycles. The summed E-state index contributed by atoms with van der Waals surface area (Å²) in [6.07, 6.45) is -6.75. The van der Waals surface area contributed by atoms with Gasteiger partial charge in [-0.2, -0.15) is 26.3 Å². The predicted octanol–water partition coefficient (Wildman–Crippen LogP) is 9.75. The molecule has 0 unspecified atom stereocenters. The van der Waals surface area contributed by atoms with Crippen LogP contribution in [0.3, 0.4) is 0 Å². The van der Waals surface area contributed by atoms with E-state index in [1.165, 1.54) is 0 Å². The summed E-state index contributed by atoms with van der Waals surface area (Å²) in [7, 11) is 0. The molecule has 0 aliphatic carbocycles. The van der Waals surface area contributed by atoms with Crippen LogP contribution in [0.2, 0.25) is 0 Å². The summed E-state index contributed by atoms with van der Waals surface area (Å²) in [5.74, 6) is 0.490. The van der Waals surface area contributed by atoms with Crippen LogP contribution in [0.15, 0.2) is 60.9 Å². The summed E-state index contributed by atoms with van der Waals surface area (Å²) < 4.78 is 81.8. The first-order valence-corrected chi connectivity index (χ1v) is 13.6. The molecule has 4 aromatic rings. The monoisotopic (exact) mass is 585 g/mol. The lowest BCUT2D eigenvalue weighted by atomic mass is 9.89. The van der Waals surface area contributed by atoms with Crippen molar-refractivity contribution in [2.45, 2.75) is 72.9 Å². The number of anilines is 1. The number of nitrogens with zero attached hydrogens (tertiary/aromatic N) is 3. The maximum absolute atomic E-state index is 13.6. The van der Waals surface area contributed by atoms with Gasteiger partial charge in [0.2, 0.25) is 5.95 Å². The zero-order valence-electron chi connectivity index (χ0n) is 24.4. The van der Waals surface area contributed by atoms with Crippen molar-refractivity contribution >= 4 is 5.95 Å². The van der Waals surface area contributed by atoms with Crippen LogP contribution in [-0.4, -0.2) is 9.97 Å². The minimum absolute atomic E-state index is 0.141. The summed E-state index contributed by atoms with van der Waals surface area (Å²) in [5, 5.41) is 0. The molecule has 0 atom stereocenters. The Bertz CT molecular complexity index is 1540. The van der Waals surface area contributed by atoms with Gasteiger partial charge in [0, 0.05) is 25.5 Å². The molecule has 0 N–H and O–H groups in total. The normalized spacial score (nSPS) is 12.2. The molecule has 0 spiro atoms. The van der Waals surface area contributed by atoms with Gasteiger partial charge in [-0.3, -0.25) is 0 Å². The molecule has 0 saturated carbocycles. The third-order valence-corrected chi connectivity index (χ3v) is 7.37. The first kappa shape index (κ1) is 31.1. The van der Waals surface area contributed by atoms with Crippen LogP contribution in [-0.2, 0) is 25.4 Å². The molecule has 9 heteroatoms. The van der Waals surface area contributed by atoms with E-state index in [0.29, 0.717) is 5.92 Å². The summed E-state index contributed by atoms with van der Waals surface area (Å²) in [5.41, 5.74) is 5.00. The maximum atomic E-state index is 13.6. The lowest BCUT2D eigenvalue weighted by Gasteiger charge is -2.26. The van der Waals surface area contributed by atoms with Gasteiger partial charge in [0.25, 0.3) is 0 Å². The molecule has 0 fully saturated rings. The van der Waals surface area contributed by atoms with Crippen molar-refractivity contribution < 1.29 is 26.3 Å². The van der Waals surface area contributed by atoms with Crippen LogP contribution < -0.4 is 4.90 Å². The van der Waals surface area contributed by atoms with Gasteiger partial charge < -0.3 is 4.90 Å². The third kappa shape index (κ3) is 7.12. The van der Waals surface area contributed by atoms with E-state index in [9.17, 15) is 26.3 Å². The van der Waals surface area contributed by atoms with E-state index in [-0.39, 0.29) is 30.7 Å². The standard InChI is InChI=1S/C33H33F6N3/c1-19(2)25-8-7-21(4)29(13-25)30-10-23(6)22(5)9-26(30)18-42(31-40-15-20(3)16-41-31)17-24-11-27(32(34,35)36)14-28(12-24)33(37,38)39/h7-16,19H,17-18H2,1-6H3. The van der Waals surface area contributed by atoms with Gasteiger partial charge in [0.1, 0.15) is 0 Å². The lowest BCUT2D eigenvalue weighted by Crippen LogP contribution is -2.25. The Kier molecular flexibility index (Phi) is 8.71. The number of hydrogen-bond donors (Lipinski definition) is 0. The molecular formula is C33H33F6N3. The van der Waals surface area contributed by atoms with E-state index < -0.39 is 23.5 Å². The summed E-state index contributed by atoms with van der Waals surface area (Å²) in [4.78, 5) is 10.4. The Morgan fingerprint density at radius 3 is 1.79 bits per heavy atom. The fourth-order valence-corrected chi connectivity index (χ4v) is 4.83. The number of hydrogen-bond acceptors (Lipinski definition) is 3. The fraction of sp³-hybridized carbons (Fsp3) is 0.333. The Morgan fingerprint density at radius 1 is 0.667 bits per heavy atom. The van der Waals surface area contributed by atoms with E-state index in [0.717, 1.165) is 56.6 Å². The Balaban J connectivity index is 1.87. The van der Waals surface area contributed by atoms with Crippen molar-refractivity contribution in [3.63, 3.8) is 0 Å². The van der Waals surface area contributed by atoms with Crippen molar-refractivity contribution in [1.29, 1.82) is 0 Å². The molecule has 4 rings (SSSR count). The largest absolute Gasteiger partial charge is 0.416 e. The Hall–Kier alpha value is -3.88. The van der Waals surface area contributed by atoms with Crippen molar-refractivity contribution in [1.82, 2.24) is 9.97 Å². The minimum Gasteiger partial charge on any atom is -0.332 e. The van der Waals surface area contributed by atoms with E-state index in [4.69, 9.17) is 0 Å². The van der Waals surface area contributed by atoms with Crippen LogP contribution in [0.1, 0.15) is 69.8 Å². The van der Waals surface area contributed by atoms with Gasteiger partial charge in [-0.25, -0.2) is 9.97 Å². The molecule has 222 valence electrons. The first-order chi connectivity index (χ1) is 19.5. The zero-order chi connectivity index (χ0) is 31.0. The lowest BCUT2D eigenvalue weighted by molar-refractivity contribution is -0.143. The van der Waals surface area contributed by atoms with Crippen LogP contribution in [0, 0.1) is 27.7 Å². The molecule has 0 amide bonds. The second-order valence-corrected chi connectivity index (χ2v) is 11.2. The van der Waals surface area contributed by atoms with E-state index in [1.807, 2.05) is 26.8 Å². The number of benzene rings is 3. The van der Waals surface area contributed by atoms with Crippen molar-refractivity contribution in [3.05, 3.63) is 111 Å². The van der Waals surface area contributed by atoms with Crippen LogP contribution in [0.25, 0.3) is 11.1 Å². The minimum atomic E-state index is -4.94. The number of alkyl halides is 6. The van der Waals surface area contributed by atoms with Crippen molar-refractivity contribution in [2.75, 3.05) is 4.90 Å². The van der Waals surface area contributed by atoms with Crippen molar-refractivity contribution in [2.24, 2.45) is 0 Å². The molecule has 1 aromatic heterocycles.